The molecule has 1 atom stereocenters. The summed E-state index contributed by atoms with van der Waals surface area (Å²) < 4.78 is 8.08. The highest BCUT2D eigenvalue weighted by Crippen LogP contribution is 2.37. The fourth-order valence-electron chi connectivity index (χ4n) is 3.83. The highest BCUT2D eigenvalue weighted by atomic mass is 32.2. The van der Waals surface area contributed by atoms with Crippen LogP contribution in [-0.4, -0.2) is 64.4 Å². The molecule has 1 saturated carbocycles. The molecule has 1 aliphatic heterocycles. The summed E-state index contributed by atoms with van der Waals surface area (Å²) in [4.78, 5) is 14.3. The third kappa shape index (κ3) is 3.78. The van der Waals surface area contributed by atoms with Gasteiger partial charge in [0, 0.05) is 38.2 Å². The lowest BCUT2D eigenvalue weighted by atomic mass is 9.81. The molecular formula is C18H27N5OS. The number of rotatable bonds is 7. The van der Waals surface area contributed by atoms with Crippen LogP contribution in [0.4, 0.5) is 5.82 Å². The fraction of sp³-hybridized carbons (Fsp3) is 0.667. The zero-order valence-electron chi connectivity index (χ0n) is 15.0. The summed E-state index contributed by atoms with van der Waals surface area (Å²) in [6.45, 7) is 1.99. The van der Waals surface area contributed by atoms with Gasteiger partial charge in [-0.3, -0.25) is 4.31 Å². The predicted octanol–water partition coefficient (Wildman–Crippen LogP) is 2.93. The first-order valence-corrected chi connectivity index (χ1v) is 10.1. The Labute approximate surface area is 153 Å². The average molecular weight is 362 g/mol. The highest BCUT2D eigenvalue weighted by Gasteiger charge is 2.33. The van der Waals surface area contributed by atoms with Gasteiger partial charge in [-0.05, 0) is 44.7 Å². The van der Waals surface area contributed by atoms with Crippen molar-refractivity contribution in [3.63, 3.8) is 0 Å². The molecule has 1 saturated heterocycles. The lowest BCUT2D eigenvalue weighted by Crippen LogP contribution is -2.44. The molecule has 4 rings (SSSR count). The molecule has 0 spiro atoms. The normalized spacial score (nSPS) is 26.3. The molecule has 6 nitrogen and oxygen atoms in total. The van der Waals surface area contributed by atoms with Crippen LogP contribution in [0.25, 0.3) is 11.0 Å². The lowest BCUT2D eigenvalue weighted by Gasteiger charge is -2.42. The first-order chi connectivity index (χ1) is 12.2. The molecule has 2 aliphatic rings. The van der Waals surface area contributed by atoms with Crippen molar-refractivity contribution in [1.82, 2.24) is 19.3 Å². The molecule has 136 valence electrons. The summed E-state index contributed by atoms with van der Waals surface area (Å²) in [6, 6.07) is 2.65. The van der Waals surface area contributed by atoms with E-state index in [-0.39, 0.29) is 0 Å². The van der Waals surface area contributed by atoms with Crippen molar-refractivity contribution in [1.29, 1.82) is 0 Å². The molecule has 0 amide bonds. The number of H-pyrrole nitrogens is 1. The Bertz CT molecular complexity index is 696. The Morgan fingerprint density at radius 2 is 2.20 bits per heavy atom. The smallest absolute Gasteiger partial charge is 0.142 e. The molecule has 1 aliphatic carbocycles. The van der Waals surface area contributed by atoms with Crippen LogP contribution in [0.2, 0.25) is 0 Å². The SMILES string of the molecule is CN(CC1CCCO1)SCC1CC(N(C)c2ncnc3[nH]ccc23)C1. The molecule has 0 radical (unpaired) electrons. The average Bonchev–Trinajstić information content (AvgIpc) is 3.23. The van der Waals surface area contributed by atoms with E-state index >= 15 is 0 Å². The molecular weight excluding hydrogens is 334 g/mol. The van der Waals surface area contributed by atoms with Gasteiger partial charge in [0.1, 0.15) is 17.8 Å². The second-order valence-corrected chi connectivity index (χ2v) is 8.50. The summed E-state index contributed by atoms with van der Waals surface area (Å²) in [5, 5.41) is 1.11. The number of anilines is 1. The third-order valence-electron chi connectivity index (χ3n) is 5.44. The van der Waals surface area contributed by atoms with Crippen LogP contribution in [-0.2, 0) is 4.74 Å². The Balaban J connectivity index is 1.24. The van der Waals surface area contributed by atoms with E-state index in [1.54, 1.807) is 6.33 Å². The van der Waals surface area contributed by atoms with Crippen LogP contribution in [0.5, 0.6) is 0 Å². The van der Waals surface area contributed by atoms with Gasteiger partial charge in [0.15, 0.2) is 0 Å². The summed E-state index contributed by atoms with van der Waals surface area (Å²) in [6.07, 6.45) is 8.95. The molecule has 1 unspecified atom stereocenters. The number of nitrogens with zero attached hydrogens (tertiary/aromatic N) is 4. The summed E-state index contributed by atoms with van der Waals surface area (Å²) in [5.74, 6) is 3.04. The maximum Gasteiger partial charge on any atom is 0.142 e. The molecule has 0 aromatic carbocycles. The Morgan fingerprint density at radius 3 is 3.00 bits per heavy atom. The highest BCUT2D eigenvalue weighted by molar-refractivity contribution is 7.97. The van der Waals surface area contributed by atoms with Gasteiger partial charge in [-0.1, -0.05) is 11.9 Å². The molecule has 1 N–H and O–H groups in total. The monoisotopic (exact) mass is 361 g/mol. The van der Waals surface area contributed by atoms with Crippen molar-refractivity contribution >= 4 is 28.8 Å². The van der Waals surface area contributed by atoms with Crippen molar-refractivity contribution in [2.24, 2.45) is 5.92 Å². The number of aromatic amines is 1. The molecule has 2 fully saturated rings. The molecule has 7 heteroatoms. The number of likely N-dealkylation sites (N-methyl/N-ethyl adjacent to an activating group) is 1. The summed E-state index contributed by atoms with van der Waals surface area (Å²) >= 11 is 1.96. The van der Waals surface area contributed by atoms with E-state index in [1.165, 1.54) is 31.4 Å². The molecule has 25 heavy (non-hydrogen) atoms. The Morgan fingerprint density at radius 1 is 1.32 bits per heavy atom. The van der Waals surface area contributed by atoms with Crippen LogP contribution in [0.3, 0.4) is 0 Å². The number of hydrogen-bond donors (Lipinski definition) is 1. The van der Waals surface area contributed by atoms with Crippen LogP contribution < -0.4 is 4.90 Å². The van der Waals surface area contributed by atoms with Crippen molar-refractivity contribution < 1.29 is 4.74 Å². The van der Waals surface area contributed by atoms with E-state index < -0.39 is 0 Å². The zero-order valence-corrected chi connectivity index (χ0v) is 15.8. The minimum atomic E-state index is 0.444. The third-order valence-corrected chi connectivity index (χ3v) is 6.65. The van der Waals surface area contributed by atoms with Gasteiger partial charge >= 0.3 is 0 Å². The molecule has 2 aromatic rings. The van der Waals surface area contributed by atoms with Crippen LogP contribution >= 0.6 is 11.9 Å². The van der Waals surface area contributed by atoms with Crippen molar-refractivity contribution in [2.45, 2.75) is 37.8 Å². The van der Waals surface area contributed by atoms with Gasteiger partial charge < -0.3 is 14.6 Å². The fourth-order valence-corrected chi connectivity index (χ4v) is 4.84. The van der Waals surface area contributed by atoms with Crippen molar-refractivity contribution in [2.75, 3.05) is 37.9 Å². The zero-order chi connectivity index (χ0) is 17.2. The van der Waals surface area contributed by atoms with E-state index in [2.05, 4.69) is 44.3 Å². The summed E-state index contributed by atoms with van der Waals surface area (Å²) in [5.41, 5.74) is 0.916. The van der Waals surface area contributed by atoms with Crippen molar-refractivity contribution in [3.05, 3.63) is 18.6 Å². The van der Waals surface area contributed by atoms with Gasteiger partial charge in [-0.25, -0.2) is 9.97 Å². The Hall–Kier alpha value is -1.31. The second kappa shape index (κ2) is 7.51. The number of hydrogen-bond acceptors (Lipinski definition) is 6. The molecule has 0 bridgehead atoms. The van der Waals surface area contributed by atoms with Gasteiger partial charge in [0.25, 0.3) is 0 Å². The van der Waals surface area contributed by atoms with Crippen molar-refractivity contribution in [3.8, 4) is 0 Å². The van der Waals surface area contributed by atoms with Gasteiger partial charge in [0.2, 0.25) is 0 Å². The standard InChI is InChI=1S/C18H27N5OS/c1-22(10-15-4-3-7-24-15)25-11-13-8-14(9-13)23(2)18-16-5-6-19-17(16)20-12-21-18/h5-6,12-15H,3-4,7-11H2,1-2H3,(H,19,20,21). The minimum absolute atomic E-state index is 0.444. The topological polar surface area (TPSA) is 57.3 Å². The predicted molar refractivity (Wildman–Crippen MR) is 103 cm³/mol. The first kappa shape index (κ1) is 17.1. The van der Waals surface area contributed by atoms with Crippen LogP contribution in [0.15, 0.2) is 18.6 Å². The maximum atomic E-state index is 5.72. The van der Waals surface area contributed by atoms with E-state index in [1.807, 2.05) is 18.1 Å². The number of fused-ring (bicyclic) bond motifs is 1. The quantitative estimate of drug-likeness (QED) is 0.765. The summed E-state index contributed by atoms with van der Waals surface area (Å²) in [7, 11) is 4.35. The molecule has 2 aromatic heterocycles. The van der Waals surface area contributed by atoms with E-state index in [0.717, 1.165) is 35.9 Å². The first-order valence-electron chi connectivity index (χ1n) is 9.17. The Kier molecular flexibility index (Phi) is 5.15. The second-order valence-electron chi connectivity index (χ2n) is 7.28. The number of ether oxygens (including phenoxy) is 1. The van der Waals surface area contributed by atoms with E-state index in [9.17, 15) is 0 Å². The maximum absolute atomic E-state index is 5.72. The van der Waals surface area contributed by atoms with Gasteiger partial charge in [-0.15, -0.1) is 0 Å². The van der Waals surface area contributed by atoms with Crippen LogP contribution in [0, 0.1) is 5.92 Å². The number of aromatic nitrogens is 3. The molecule has 3 heterocycles. The lowest BCUT2D eigenvalue weighted by molar-refractivity contribution is 0.0996. The van der Waals surface area contributed by atoms with Gasteiger partial charge in [-0.2, -0.15) is 0 Å². The largest absolute Gasteiger partial charge is 0.377 e. The number of nitrogens with one attached hydrogen (secondary N) is 1. The van der Waals surface area contributed by atoms with Gasteiger partial charge in [0.05, 0.1) is 11.5 Å². The minimum Gasteiger partial charge on any atom is -0.377 e. The van der Waals surface area contributed by atoms with Crippen LogP contribution in [0.1, 0.15) is 25.7 Å². The van der Waals surface area contributed by atoms with E-state index in [0.29, 0.717) is 12.1 Å². The van der Waals surface area contributed by atoms with E-state index in [4.69, 9.17) is 4.74 Å².